The topological polar surface area (TPSA) is 88.1 Å². The van der Waals surface area contributed by atoms with Gasteiger partial charge in [-0.05, 0) is 6.92 Å². The second-order valence-electron chi connectivity index (χ2n) is 4.67. The molecule has 0 spiro atoms. The first-order valence-electron chi connectivity index (χ1n) is 6.32. The average molecular weight is 316 g/mol. The molecule has 0 N–H and O–H groups in total. The summed E-state index contributed by atoms with van der Waals surface area (Å²) in [6, 6.07) is 0. The smallest absolute Gasteiger partial charge is 0.399 e. The van der Waals surface area contributed by atoms with Crippen molar-refractivity contribution in [3.63, 3.8) is 0 Å². The largest absolute Gasteiger partial charge is 0.461 e. The van der Waals surface area contributed by atoms with Gasteiger partial charge in [0.05, 0.1) is 6.61 Å². The van der Waals surface area contributed by atoms with E-state index in [4.69, 9.17) is 0 Å². The number of carbonyl (C=O) groups is 1. The molecule has 120 valence electrons. The molecule has 0 aliphatic heterocycles. The van der Waals surface area contributed by atoms with Crippen LogP contribution in [0, 0.1) is 0 Å². The minimum Gasteiger partial charge on any atom is -0.461 e. The van der Waals surface area contributed by atoms with Crippen LogP contribution in [0.25, 0.3) is 11.2 Å². The zero-order valence-electron chi connectivity index (χ0n) is 12.4. The van der Waals surface area contributed by atoms with Crippen LogP contribution in [0.5, 0.6) is 0 Å². The Kier molecular flexibility index (Phi) is 3.63. The van der Waals surface area contributed by atoms with Crippen molar-refractivity contribution in [3.05, 3.63) is 26.7 Å². The van der Waals surface area contributed by atoms with Gasteiger partial charge < -0.3 is 9.30 Å². The molecule has 10 heteroatoms. The van der Waals surface area contributed by atoms with Gasteiger partial charge in [0.25, 0.3) is 5.56 Å². The van der Waals surface area contributed by atoms with Gasteiger partial charge in [-0.3, -0.25) is 13.9 Å². The van der Waals surface area contributed by atoms with E-state index in [0.717, 1.165) is 13.7 Å². The fourth-order valence-electron chi connectivity index (χ4n) is 2.11. The molecule has 0 radical (unpaired) electrons. The molecule has 0 saturated heterocycles. The Bertz CT molecular complexity index is 878. The summed E-state index contributed by atoms with van der Waals surface area (Å²) in [5.41, 5.74) is -1.92. The number of hydrogen-bond donors (Lipinski definition) is 0. The fraction of sp³-hybridized carbons (Fsp3) is 0.500. The van der Waals surface area contributed by atoms with Gasteiger partial charge in [-0.2, -0.15) is 8.78 Å². The van der Waals surface area contributed by atoms with Crippen molar-refractivity contribution in [1.82, 2.24) is 18.7 Å². The van der Waals surface area contributed by atoms with Crippen LogP contribution in [0.4, 0.5) is 8.78 Å². The molecule has 8 nitrogen and oxygen atoms in total. The lowest BCUT2D eigenvalue weighted by molar-refractivity contribution is -0.174. The van der Waals surface area contributed by atoms with Gasteiger partial charge in [-0.25, -0.2) is 14.6 Å². The fourth-order valence-corrected chi connectivity index (χ4v) is 2.11. The summed E-state index contributed by atoms with van der Waals surface area (Å²) in [4.78, 5) is 38.9. The standard InChI is InChI=1S/C12H14F2N4O4/c1-5-22-10(20)12(13,14)9-15-7-6(16(9)2)8(19)18(4)11(21)17(7)3/h5H2,1-4H3. The van der Waals surface area contributed by atoms with E-state index in [1.807, 2.05) is 0 Å². The number of imidazole rings is 1. The van der Waals surface area contributed by atoms with E-state index in [1.54, 1.807) is 0 Å². The zero-order chi connectivity index (χ0) is 16.8. The highest BCUT2D eigenvalue weighted by Gasteiger charge is 2.47. The van der Waals surface area contributed by atoms with Crippen molar-refractivity contribution >= 4 is 17.1 Å². The Labute approximate surface area is 122 Å². The second-order valence-corrected chi connectivity index (χ2v) is 4.67. The monoisotopic (exact) mass is 316 g/mol. The second kappa shape index (κ2) is 5.04. The van der Waals surface area contributed by atoms with E-state index in [-0.39, 0.29) is 17.8 Å². The average Bonchev–Trinajstić information content (AvgIpc) is 2.81. The molecule has 0 bridgehead atoms. The Balaban J connectivity index is 2.85. The molecular formula is C12H14F2N4O4. The van der Waals surface area contributed by atoms with Crippen LogP contribution in [0.1, 0.15) is 12.7 Å². The van der Waals surface area contributed by atoms with Crippen molar-refractivity contribution in [2.45, 2.75) is 12.8 Å². The maximum Gasteiger partial charge on any atom is 0.399 e. The maximum absolute atomic E-state index is 14.1. The van der Waals surface area contributed by atoms with E-state index in [2.05, 4.69) is 9.72 Å². The first-order valence-corrected chi connectivity index (χ1v) is 6.32. The van der Waals surface area contributed by atoms with E-state index >= 15 is 0 Å². The summed E-state index contributed by atoms with van der Waals surface area (Å²) in [6.45, 7) is 1.17. The number of ether oxygens (including phenoxy) is 1. The van der Waals surface area contributed by atoms with E-state index in [0.29, 0.717) is 0 Å². The number of fused-ring (bicyclic) bond motifs is 1. The predicted molar refractivity (Wildman–Crippen MR) is 71.7 cm³/mol. The van der Waals surface area contributed by atoms with Gasteiger partial charge in [0.15, 0.2) is 17.0 Å². The Hall–Kier alpha value is -2.52. The van der Waals surface area contributed by atoms with Gasteiger partial charge in [-0.1, -0.05) is 0 Å². The molecule has 0 aliphatic rings. The molecule has 2 heterocycles. The van der Waals surface area contributed by atoms with Crippen molar-refractivity contribution in [2.24, 2.45) is 21.1 Å². The maximum atomic E-state index is 14.1. The van der Waals surface area contributed by atoms with Crippen LogP contribution < -0.4 is 11.2 Å². The molecule has 0 aliphatic carbocycles. The Morgan fingerprint density at radius 1 is 1.18 bits per heavy atom. The molecule has 0 unspecified atom stereocenters. The molecule has 2 rings (SSSR count). The van der Waals surface area contributed by atoms with Crippen molar-refractivity contribution < 1.29 is 18.3 Å². The third kappa shape index (κ3) is 2.02. The number of nitrogens with zero attached hydrogens (tertiary/aromatic N) is 4. The minimum absolute atomic E-state index is 0.205. The molecule has 0 fully saturated rings. The van der Waals surface area contributed by atoms with Crippen molar-refractivity contribution in [2.75, 3.05) is 6.61 Å². The van der Waals surface area contributed by atoms with E-state index in [9.17, 15) is 23.2 Å². The van der Waals surface area contributed by atoms with Gasteiger partial charge >= 0.3 is 17.6 Å². The van der Waals surface area contributed by atoms with Crippen LogP contribution >= 0.6 is 0 Å². The predicted octanol–water partition coefficient (Wildman–Crippen LogP) is -0.374. The normalized spacial score (nSPS) is 11.9. The lowest BCUT2D eigenvalue weighted by Gasteiger charge is -2.13. The molecule has 0 aromatic carbocycles. The highest BCUT2D eigenvalue weighted by Crippen LogP contribution is 2.29. The first kappa shape index (κ1) is 15.9. The Morgan fingerprint density at radius 3 is 2.32 bits per heavy atom. The minimum atomic E-state index is -4.04. The van der Waals surface area contributed by atoms with Crippen LogP contribution in [-0.2, 0) is 36.6 Å². The van der Waals surface area contributed by atoms with Crippen molar-refractivity contribution in [1.29, 1.82) is 0 Å². The molecule has 0 atom stereocenters. The lowest BCUT2D eigenvalue weighted by atomic mass is 10.3. The van der Waals surface area contributed by atoms with E-state index < -0.39 is 29.0 Å². The van der Waals surface area contributed by atoms with Crippen LogP contribution in [0.3, 0.4) is 0 Å². The third-order valence-corrected chi connectivity index (χ3v) is 3.29. The van der Waals surface area contributed by atoms with Crippen molar-refractivity contribution in [3.8, 4) is 0 Å². The molecule has 2 aromatic heterocycles. The van der Waals surface area contributed by atoms with Gasteiger partial charge in [0.2, 0.25) is 0 Å². The van der Waals surface area contributed by atoms with Crippen LogP contribution in [-0.4, -0.2) is 31.3 Å². The summed E-state index contributed by atoms with van der Waals surface area (Å²) in [5, 5.41) is 0. The van der Waals surface area contributed by atoms with Crippen LogP contribution in [0.2, 0.25) is 0 Å². The number of aryl methyl sites for hydroxylation is 2. The highest BCUT2D eigenvalue weighted by molar-refractivity contribution is 5.80. The summed E-state index contributed by atoms with van der Waals surface area (Å²) in [6.07, 6.45) is 0. The number of halogens is 2. The lowest BCUT2D eigenvalue weighted by Crippen LogP contribution is -2.37. The van der Waals surface area contributed by atoms with Gasteiger partial charge in [0, 0.05) is 21.1 Å². The molecule has 2 aromatic rings. The number of esters is 1. The summed E-state index contributed by atoms with van der Waals surface area (Å²) < 4.78 is 35.2. The number of hydrogen-bond acceptors (Lipinski definition) is 5. The van der Waals surface area contributed by atoms with Gasteiger partial charge in [0.1, 0.15) is 0 Å². The molecule has 22 heavy (non-hydrogen) atoms. The van der Waals surface area contributed by atoms with Crippen LogP contribution in [0.15, 0.2) is 9.59 Å². The SMILES string of the molecule is CCOC(=O)C(F)(F)c1nc2c(c(=O)n(C)c(=O)n2C)n1C. The third-order valence-electron chi connectivity index (χ3n) is 3.29. The molecule has 0 saturated carbocycles. The first-order chi connectivity index (χ1) is 10.1. The van der Waals surface area contributed by atoms with E-state index in [1.165, 1.54) is 28.1 Å². The van der Waals surface area contributed by atoms with Gasteiger partial charge in [-0.15, -0.1) is 0 Å². The highest BCUT2D eigenvalue weighted by atomic mass is 19.3. The zero-order valence-corrected chi connectivity index (χ0v) is 12.4. The Morgan fingerprint density at radius 2 is 1.77 bits per heavy atom. The number of carbonyl (C=O) groups excluding carboxylic acids is 1. The summed E-state index contributed by atoms with van der Waals surface area (Å²) >= 11 is 0. The molecule has 0 amide bonds. The number of aromatic nitrogens is 4. The quantitative estimate of drug-likeness (QED) is 0.721. The number of alkyl halides is 2. The molecular weight excluding hydrogens is 302 g/mol. The summed E-state index contributed by atoms with van der Waals surface area (Å²) in [5.74, 6) is -6.76. The number of rotatable bonds is 3. The summed E-state index contributed by atoms with van der Waals surface area (Å²) in [7, 11) is 3.69.